The fourth-order valence-corrected chi connectivity index (χ4v) is 0.340. The predicted molar refractivity (Wildman–Crippen MR) is 53.5 cm³/mol. The van der Waals surface area contributed by atoms with Crippen LogP contribution in [0.1, 0.15) is 13.3 Å². The second kappa shape index (κ2) is 22.5. The molecule has 0 aromatic rings. The second-order valence-corrected chi connectivity index (χ2v) is 1.75. The minimum Gasteiger partial charge on any atom is -0.346 e. The van der Waals surface area contributed by atoms with Gasteiger partial charge in [0.1, 0.15) is 0 Å². The van der Waals surface area contributed by atoms with Crippen LogP contribution in [-0.2, 0) is 26.2 Å². The first-order valence-electron chi connectivity index (χ1n) is 3.51. The van der Waals surface area contributed by atoms with Crippen LogP contribution in [0.2, 0.25) is 0 Å². The van der Waals surface area contributed by atoms with Crippen molar-refractivity contribution < 1.29 is 26.2 Å². The van der Waals surface area contributed by atoms with E-state index in [9.17, 15) is 0 Å². The fraction of sp³-hybridized carbons (Fsp3) is 0.300. The van der Waals surface area contributed by atoms with Gasteiger partial charge in [-0.15, -0.1) is 24.6 Å². The summed E-state index contributed by atoms with van der Waals surface area (Å²) >= 11 is 5.07. The molecule has 0 saturated heterocycles. The first-order chi connectivity index (χ1) is 5.41. The Bertz CT molecular complexity index is 107. The predicted octanol–water partition coefficient (Wildman–Crippen LogP) is 3.55. The van der Waals surface area contributed by atoms with Gasteiger partial charge in [-0.3, -0.25) is 6.08 Å². The van der Waals surface area contributed by atoms with Crippen LogP contribution in [-0.4, -0.2) is 5.88 Å². The van der Waals surface area contributed by atoms with Crippen molar-refractivity contribution in [1.29, 1.82) is 0 Å². The number of alkyl halides is 1. The third kappa shape index (κ3) is 22.4. The summed E-state index contributed by atoms with van der Waals surface area (Å²) in [5.41, 5.74) is 0. The summed E-state index contributed by atoms with van der Waals surface area (Å²) in [4.78, 5) is 0. The Morgan fingerprint density at radius 3 is 2.25 bits per heavy atom. The van der Waals surface area contributed by atoms with E-state index in [1.54, 1.807) is 13.0 Å². The van der Waals surface area contributed by atoms with Crippen LogP contribution in [0.4, 0.5) is 0 Å². The molecule has 0 unspecified atom stereocenters. The van der Waals surface area contributed by atoms with Crippen LogP contribution < -0.4 is 0 Å². The third-order valence-corrected chi connectivity index (χ3v) is 0.913. The molecule has 0 aliphatic heterocycles. The van der Waals surface area contributed by atoms with Gasteiger partial charge in [-0.05, 0) is 0 Å². The monoisotopic (exact) mass is 260 g/mol. The van der Waals surface area contributed by atoms with E-state index in [-0.39, 0.29) is 26.2 Å². The molecule has 0 amide bonds. The van der Waals surface area contributed by atoms with Crippen molar-refractivity contribution in [3.63, 3.8) is 0 Å². The van der Waals surface area contributed by atoms with E-state index >= 15 is 0 Å². The smallest absolute Gasteiger partial charge is 0.346 e. The van der Waals surface area contributed by atoms with Gasteiger partial charge in [0.15, 0.2) is 0 Å². The van der Waals surface area contributed by atoms with E-state index in [0.717, 1.165) is 6.42 Å². The Balaban J connectivity index is -0.000000107. The Morgan fingerprint density at radius 1 is 1.67 bits per heavy atom. The summed E-state index contributed by atoms with van der Waals surface area (Å²) < 4.78 is 0. The van der Waals surface area contributed by atoms with Crippen molar-refractivity contribution in [2.75, 3.05) is 5.88 Å². The SMILES string of the molecule is C=CCCl.[C-]1=CC=CC1.[CH2-]C.[Zr+2]. The fourth-order valence-electron chi connectivity index (χ4n) is 0.340. The maximum Gasteiger partial charge on any atom is 2.00 e. The number of rotatable bonds is 1. The zero-order valence-electron chi connectivity index (χ0n) is 7.52. The quantitative estimate of drug-likeness (QED) is 0.385. The molecule has 0 spiro atoms. The van der Waals surface area contributed by atoms with Gasteiger partial charge in [0.25, 0.3) is 0 Å². The maximum atomic E-state index is 5.07. The molecule has 0 N–H and O–H groups in total. The molecule has 66 valence electrons. The molecular formula is C10H15ClZr. The van der Waals surface area contributed by atoms with Gasteiger partial charge in [0.05, 0.1) is 0 Å². The molecule has 2 heteroatoms. The summed E-state index contributed by atoms with van der Waals surface area (Å²) in [5.74, 6) is 0.556. The van der Waals surface area contributed by atoms with E-state index < -0.39 is 0 Å². The minimum absolute atomic E-state index is 0. The summed E-state index contributed by atoms with van der Waals surface area (Å²) in [5, 5.41) is 0. The molecule has 0 fully saturated rings. The first-order valence-corrected chi connectivity index (χ1v) is 4.04. The van der Waals surface area contributed by atoms with Crippen LogP contribution in [0.5, 0.6) is 0 Å². The molecule has 0 bridgehead atoms. The standard InChI is InChI=1S/C5H5.C3H5Cl.C2H5.Zr/c1-2-4-5-3-1;1-2-3-4;1-2;/h1-3H,4H2;2H,1,3H2;1H2,2H3;/q-1;;-1;+2. The average Bonchev–Trinajstić information content (AvgIpc) is 2.65. The largest absolute Gasteiger partial charge is 2.00 e. The second-order valence-electron chi connectivity index (χ2n) is 1.45. The van der Waals surface area contributed by atoms with Gasteiger partial charge < -0.3 is 6.92 Å². The molecule has 1 aliphatic rings. The van der Waals surface area contributed by atoms with Crippen LogP contribution >= 0.6 is 11.6 Å². The van der Waals surface area contributed by atoms with Crippen molar-refractivity contribution in [3.05, 3.63) is 43.9 Å². The molecule has 0 saturated carbocycles. The van der Waals surface area contributed by atoms with Gasteiger partial charge in [-0.25, -0.2) is 12.2 Å². The zero-order chi connectivity index (χ0) is 8.95. The molecule has 0 aromatic carbocycles. The molecule has 0 aromatic heterocycles. The Morgan fingerprint density at radius 2 is 2.17 bits per heavy atom. The van der Waals surface area contributed by atoms with Crippen LogP contribution in [0.3, 0.4) is 0 Å². The first kappa shape index (κ1) is 18.2. The van der Waals surface area contributed by atoms with E-state index in [1.165, 1.54) is 0 Å². The van der Waals surface area contributed by atoms with Crippen LogP contribution in [0.15, 0.2) is 30.9 Å². The number of allylic oxidation sites excluding steroid dienone is 5. The summed E-state index contributed by atoms with van der Waals surface area (Å²) in [6, 6.07) is 0. The van der Waals surface area contributed by atoms with E-state index in [2.05, 4.69) is 25.7 Å². The van der Waals surface area contributed by atoms with Gasteiger partial charge >= 0.3 is 26.2 Å². The Labute approximate surface area is 101 Å². The van der Waals surface area contributed by atoms with Gasteiger partial charge in [-0.1, -0.05) is 6.08 Å². The van der Waals surface area contributed by atoms with Crippen molar-refractivity contribution >= 4 is 11.6 Å². The zero-order valence-corrected chi connectivity index (χ0v) is 10.7. The van der Waals surface area contributed by atoms with E-state index in [0.29, 0.717) is 5.88 Å². The summed E-state index contributed by atoms with van der Waals surface area (Å²) in [6.07, 6.45) is 11.6. The van der Waals surface area contributed by atoms with Crippen LogP contribution in [0.25, 0.3) is 0 Å². The Hall–Kier alpha value is 0.393. The Kier molecular flexibility index (Phi) is 34.2. The molecule has 0 heterocycles. The molecule has 1 aliphatic carbocycles. The molecule has 0 radical (unpaired) electrons. The van der Waals surface area contributed by atoms with Gasteiger partial charge in [-0.2, -0.15) is 13.0 Å². The third-order valence-electron chi connectivity index (χ3n) is 0.695. The summed E-state index contributed by atoms with van der Waals surface area (Å²) in [7, 11) is 0. The minimum atomic E-state index is 0. The van der Waals surface area contributed by atoms with E-state index in [4.69, 9.17) is 11.6 Å². The topological polar surface area (TPSA) is 0 Å². The average molecular weight is 262 g/mol. The molecule has 0 atom stereocenters. The summed E-state index contributed by atoms with van der Waals surface area (Å²) in [6.45, 7) is 8.35. The van der Waals surface area contributed by atoms with Crippen molar-refractivity contribution in [2.24, 2.45) is 0 Å². The van der Waals surface area contributed by atoms with Gasteiger partial charge in [0.2, 0.25) is 0 Å². The maximum absolute atomic E-state index is 5.07. The molecule has 12 heavy (non-hydrogen) atoms. The van der Waals surface area contributed by atoms with Gasteiger partial charge in [0, 0.05) is 5.88 Å². The number of halogens is 1. The van der Waals surface area contributed by atoms with Crippen molar-refractivity contribution in [3.8, 4) is 0 Å². The number of hydrogen-bond donors (Lipinski definition) is 0. The van der Waals surface area contributed by atoms with Crippen LogP contribution in [0, 0.1) is 13.0 Å². The van der Waals surface area contributed by atoms with E-state index in [1.807, 2.05) is 12.2 Å². The normalized spacial score (nSPS) is 9.92. The molecular weight excluding hydrogens is 247 g/mol. The number of hydrogen-bond acceptors (Lipinski definition) is 0. The molecule has 0 nitrogen and oxygen atoms in total. The van der Waals surface area contributed by atoms with Crippen molar-refractivity contribution in [1.82, 2.24) is 0 Å². The van der Waals surface area contributed by atoms with Crippen molar-refractivity contribution in [2.45, 2.75) is 13.3 Å². The molecule has 1 rings (SSSR count).